The lowest BCUT2D eigenvalue weighted by molar-refractivity contribution is -0.384. The zero-order chi connectivity index (χ0) is 20.9. The van der Waals surface area contributed by atoms with Crippen LogP contribution in [0.15, 0.2) is 54.6 Å². The Morgan fingerprint density at radius 1 is 1.03 bits per heavy atom. The van der Waals surface area contributed by atoms with Gasteiger partial charge in [0.1, 0.15) is 0 Å². The number of rotatable bonds is 8. The van der Waals surface area contributed by atoms with Crippen LogP contribution >= 0.6 is 0 Å². The predicted octanol–water partition coefficient (Wildman–Crippen LogP) is 2.22. The van der Waals surface area contributed by atoms with E-state index in [1.165, 1.54) is 30.0 Å². The molecule has 0 saturated carbocycles. The molecule has 1 aliphatic heterocycles. The smallest absolute Gasteiger partial charge is 0.269 e. The van der Waals surface area contributed by atoms with Crippen molar-refractivity contribution in [3.8, 4) is 0 Å². The second kappa shape index (κ2) is 9.34. The molecule has 2 aromatic carbocycles. The van der Waals surface area contributed by atoms with Gasteiger partial charge in [-0.3, -0.25) is 15.0 Å². The highest BCUT2D eigenvalue weighted by Crippen LogP contribution is 2.17. The average molecular weight is 419 g/mol. The monoisotopic (exact) mass is 418 g/mol. The number of anilines is 1. The molecular formula is C20H26N4O4S. The SMILES string of the molecule is CC(CNS(=O)(=O)Cc1ccc([N+](=O)[O-])cc1)N1CCN(c2ccccc2)CC1. The Morgan fingerprint density at radius 2 is 1.66 bits per heavy atom. The van der Waals surface area contributed by atoms with Crippen LogP contribution in [-0.2, 0) is 15.8 Å². The van der Waals surface area contributed by atoms with E-state index in [1.54, 1.807) is 0 Å². The van der Waals surface area contributed by atoms with Crippen LogP contribution in [0, 0.1) is 10.1 Å². The second-order valence-corrected chi connectivity index (χ2v) is 9.05. The maximum atomic E-state index is 12.4. The van der Waals surface area contributed by atoms with Crippen molar-refractivity contribution in [2.45, 2.75) is 18.7 Å². The van der Waals surface area contributed by atoms with Gasteiger partial charge in [-0.05, 0) is 24.6 Å². The van der Waals surface area contributed by atoms with E-state index < -0.39 is 14.9 Å². The van der Waals surface area contributed by atoms with Crippen molar-refractivity contribution < 1.29 is 13.3 Å². The summed E-state index contributed by atoms with van der Waals surface area (Å²) in [6.07, 6.45) is 0. The Hall–Kier alpha value is -2.49. The van der Waals surface area contributed by atoms with Crippen molar-refractivity contribution in [2.24, 2.45) is 0 Å². The first kappa shape index (κ1) is 21.2. The predicted molar refractivity (Wildman–Crippen MR) is 113 cm³/mol. The van der Waals surface area contributed by atoms with Crippen LogP contribution in [-0.4, -0.2) is 57.0 Å². The molecule has 2 aromatic rings. The van der Waals surface area contributed by atoms with Crippen LogP contribution in [0.1, 0.15) is 12.5 Å². The van der Waals surface area contributed by atoms with Crippen molar-refractivity contribution in [3.05, 3.63) is 70.3 Å². The molecule has 0 bridgehead atoms. The van der Waals surface area contributed by atoms with Crippen molar-refractivity contribution in [1.82, 2.24) is 9.62 Å². The summed E-state index contributed by atoms with van der Waals surface area (Å²) in [7, 11) is -3.51. The number of piperazine rings is 1. The lowest BCUT2D eigenvalue weighted by atomic mass is 10.2. The summed E-state index contributed by atoms with van der Waals surface area (Å²) in [6.45, 7) is 5.92. The van der Waals surface area contributed by atoms with Gasteiger partial charge >= 0.3 is 0 Å². The number of para-hydroxylation sites is 1. The number of hydrogen-bond acceptors (Lipinski definition) is 6. The summed E-state index contributed by atoms with van der Waals surface area (Å²) < 4.78 is 27.4. The molecule has 1 unspecified atom stereocenters. The third-order valence-corrected chi connectivity index (χ3v) is 6.48. The fourth-order valence-corrected chi connectivity index (χ4v) is 4.65. The normalized spacial score (nSPS) is 16.5. The van der Waals surface area contributed by atoms with E-state index in [0.29, 0.717) is 12.1 Å². The van der Waals surface area contributed by atoms with Crippen molar-refractivity contribution in [1.29, 1.82) is 0 Å². The molecule has 0 aromatic heterocycles. The molecule has 1 aliphatic rings. The number of nitrogens with one attached hydrogen (secondary N) is 1. The first-order valence-corrected chi connectivity index (χ1v) is 11.2. The van der Waals surface area contributed by atoms with E-state index in [-0.39, 0.29) is 17.5 Å². The molecular weight excluding hydrogens is 392 g/mol. The number of benzene rings is 2. The molecule has 29 heavy (non-hydrogen) atoms. The summed E-state index contributed by atoms with van der Waals surface area (Å²) in [5.41, 5.74) is 1.68. The molecule has 156 valence electrons. The van der Waals surface area contributed by atoms with Crippen molar-refractivity contribution >= 4 is 21.4 Å². The summed E-state index contributed by atoms with van der Waals surface area (Å²) in [6, 6.07) is 15.9. The van der Waals surface area contributed by atoms with Crippen LogP contribution in [0.4, 0.5) is 11.4 Å². The number of non-ortho nitro benzene ring substituents is 1. The molecule has 0 spiro atoms. The van der Waals surface area contributed by atoms with E-state index in [2.05, 4.69) is 26.7 Å². The van der Waals surface area contributed by atoms with Gasteiger partial charge in [0, 0.05) is 56.6 Å². The third kappa shape index (κ3) is 5.99. The van der Waals surface area contributed by atoms with Gasteiger partial charge in [-0.15, -0.1) is 0 Å². The molecule has 1 saturated heterocycles. The van der Waals surface area contributed by atoms with Crippen LogP contribution in [0.25, 0.3) is 0 Å². The fraction of sp³-hybridized carbons (Fsp3) is 0.400. The van der Waals surface area contributed by atoms with Gasteiger partial charge in [0.15, 0.2) is 0 Å². The lowest BCUT2D eigenvalue weighted by Crippen LogP contribution is -2.52. The number of nitrogens with zero attached hydrogens (tertiary/aromatic N) is 3. The largest absolute Gasteiger partial charge is 0.369 e. The highest BCUT2D eigenvalue weighted by atomic mass is 32.2. The van der Waals surface area contributed by atoms with Gasteiger partial charge in [-0.2, -0.15) is 0 Å². The summed E-state index contributed by atoms with van der Waals surface area (Å²) >= 11 is 0. The van der Waals surface area contributed by atoms with Crippen molar-refractivity contribution in [3.63, 3.8) is 0 Å². The fourth-order valence-electron chi connectivity index (χ4n) is 3.42. The second-order valence-electron chi connectivity index (χ2n) is 7.24. The molecule has 8 nitrogen and oxygen atoms in total. The van der Waals surface area contributed by atoms with Gasteiger partial charge < -0.3 is 4.90 Å². The van der Waals surface area contributed by atoms with E-state index in [4.69, 9.17) is 0 Å². The first-order valence-electron chi connectivity index (χ1n) is 9.59. The molecule has 0 aliphatic carbocycles. The van der Waals surface area contributed by atoms with Gasteiger partial charge in [-0.1, -0.05) is 30.3 Å². The topological polar surface area (TPSA) is 95.8 Å². The summed E-state index contributed by atoms with van der Waals surface area (Å²) in [5, 5.41) is 10.7. The number of nitro benzene ring substituents is 1. The minimum atomic E-state index is -3.51. The number of sulfonamides is 1. The standard InChI is InChI=1S/C20H26N4O4S/c1-17(22-11-13-23(14-12-22)19-5-3-2-4-6-19)15-21-29(27,28)16-18-7-9-20(10-8-18)24(25)26/h2-10,17,21H,11-16H2,1H3. The van der Waals surface area contributed by atoms with Crippen molar-refractivity contribution in [2.75, 3.05) is 37.6 Å². The highest BCUT2D eigenvalue weighted by Gasteiger charge is 2.22. The van der Waals surface area contributed by atoms with Crippen LogP contribution < -0.4 is 9.62 Å². The quantitative estimate of drug-likeness (QED) is 0.522. The van der Waals surface area contributed by atoms with Gasteiger partial charge in [0.25, 0.3) is 5.69 Å². The Kier molecular flexibility index (Phi) is 6.83. The molecule has 1 N–H and O–H groups in total. The minimum absolute atomic E-state index is 0.0534. The van der Waals surface area contributed by atoms with E-state index in [0.717, 1.165) is 26.2 Å². The van der Waals surface area contributed by atoms with E-state index in [1.807, 2.05) is 25.1 Å². The molecule has 0 amide bonds. The van der Waals surface area contributed by atoms with Gasteiger partial charge in [0.05, 0.1) is 10.7 Å². The Bertz CT molecular complexity index is 911. The summed E-state index contributed by atoms with van der Waals surface area (Å²) in [4.78, 5) is 14.8. The zero-order valence-electron chi connectivity index (χ0n) is 16.4. The molecule has 0 radical (unpaired) electrons. The lowest BCUT2D eigenvalue weighted by Gasteiger charge is -2.39. The van der Waals surface area contributed by atoms with E-state index in [9.17, 15) is 18.5 Å². The zero-order valence-corrected chi connectivity index (χ0v) is 17.2. The molecule has 3 rings (SSSR count). The molecule has 9 heteroatoms. The molecule has 1 heterocycles. The van der Waals surface area contributed by atoms with Crippen LogP contribution in [0.5, 0.6) is 0 Å². The third-order valence-electron chi connectivity index (χ3n) is 5.16. The van der Waals surface area contributed by atoms with Crippen LogP contribution in [0.3, 0.4) is 0 Å². The maximum Gasteiger partial charge on any atom is 0.269 e. The number of hydrogen-bond donors (Lipinski definition) is 1. The van der Waals surface area contributed by atoms with Gasteiger partial charge in [-0.25, -0.2) is 13.1 Å². The van der Waals surface area contributed by atoms with Gasteiger partial charge in [0.2, 0.25) is 10.0 Å². The molecule has 1 atom stereocenters. The maximum absolute atomic E-state index is 12.4. The minimum Gasteiger partial charge on any atom is -0.369 e. The Labute approximate surface area is 171 Å². The summed E-state index contributed by atoms with van der Waals surface area (Å²) in [5.74, 6) is -0.195. The Morgan fingerprint density at radius 3 is 2.24 bits per heavy atom. The Balaban J connectivity index is 1.47. The van der Waals surface area contributed by atoms with Crippen LogP contribution in [0.2, 0.25) is 0 Å². The highest BCUT2D eigenvalue weighted by molar-refractivity contribution is 7.88. The van der Waals surface area contributed by atoms with E-state index >= 15 is 0 Å². The number of nitro groups is 1. The first-order chi connectivity index (χ1) is 13.8. The molecule has 1 fully saturated rings. The average Bonchev–Trinajstić information content (AvgIpc) is 2.73.